The van der Waals surface area contributed by atoms with Crippen LogP contribution in [0.15, 0.2) is 24.3 Å². The van der Waals surface area contributed by atoms with Gasteiger partial charge in [0, 0.05) is 0 Å². The van der Waals surface area contributed by atoms with Crippen LogP contribution in [0.4, 0.5) is 0 Å². The summed E-state index contributed by atoms with van der Waals surface area (Å²) >= 11 is 0.618. The summed E-state index contributed by atoms with van der Waals surface area (Å²) in [6, 6.07) is 8.51. The first-order valence-electron chi connectivity index (χ1n) is 3.20. The Labute approximate surface area is 67.8 Å². The van der Waals surface area contributed by atoms with Crippen molar-refractivity contribution in [2.45, 2.75) is 12.4 Å². The zero-order valence-electron chi connectivity index (χ0n) is 6.00. The molecule has 0 bridgehead atoms. The van der Waals surface area contributed by atoms with Gasteiger partial charge in [-0.1, -0.05) is 0 Å². The van der Waals surface area contributed by atoms with Crippen LogP contribution in [0.25, 0.3) is 0 Å². The number of nitrogens with two attached hydrogens (primary N) is 1. The summed E-state index contributed by atoms with van der Waals surface area (Å²) in [7, 11) is 0. The van der Waals surface area contributed by atoms with E-state index in [-0.39, 0.29) is 0 Å². The molecule has 0 aliphatic heterocycles. The van der Waals surface area contributed by atoms with Crippen molar-refractivity contribution in [1.82, 2.24) is 0 Å². The molecule has 0 fully saturated rings. The standard InChI is InChI=1S/C8H11NSe/c1-10-8-4-2-7(6-9)3-5-8/h2-5H,6,9H2,1H3. The Morgan fingerprint density at radius 2 is 1.90 bits per heavy atom. The van der Waals surface area contributed by atoms with Crippen molar-refractivity contribution in [3.63, 3.8) is 0 Å². The van der Waals surface area contributed by atoms with Gasteiger partial charge in [0.15, 0.2) is 0 Å². The van der Waals surface area contributed by atoms with Crippen LogP contribution in [0.1, 0.15) is 5.56 Å². The molecule has 1 nitrogen and oxygen atoms in total. The van der Waals surface area contributed by atoms with Gasteiger partial charge in [0.05, 0.1) is 0 Å². The van der Waals surface area contributed by atoms with Crippen molar-refractivity contribution in [3.05, 3.63) is 29.8 Å². The van der Waals surface area contributed by atoms with E-state index in [9.17, 15) is 0 Å². The molecule has 2 heteroatoms. The topological polar surface area (TPSA) is 26.0 Å². The molecule has 0 atom stereocenters. The van der Waals surface area contributed by atoms with E-state index in [1.165, 1.54) is 10.0 Å². The molecule has 2 N–H and O–H groups in total. The molecular formula is C8H11NSe. The van der Waals surface area contributed by atoms with Crippen LogP contribution in [-0.2, 0) is 6.54 Å². The summed E-state index contributed by atoms with van der Waals surface area (Å²) in [6.45, 7) is 0.650. The van der Waals surface area contributed by atoms with Crippen molar-refractivity contribution in [3.8, 4) is 0 Å². The van der Waals surface area contributed by atoms with Crippen molar-refractivity contribution in [2.75, 3.05) is 0 Å². The van der Waals surface area contributed by atoms with Gasteiger partial charge in [-0.15, -0.1) is 0 Å². The fraction of sp³-hybridized carbons (Fsp3) is 0.250. The first kappa shape index (κ1) is 7.80. The molecule has 1 aromatic carbocycles. The van der Waals surface area contributed by atoms with E-state index < -0.39 is 0 Å². The minimum atomic E-state index is 0.618. The predicted molar refractivity (Wildman–Crippen MR) is 45.6 cm³/mol. The molecule has 0 aliphatic carbocycles. The summed E-state index contributed by atoms with van der Waals surface area (Å²) in [4.78, 5) is 0. The Morgan fingerprint density at radius 3 is 2.30 bits per heavy atom. The summed E-state index contributed by atoms with van der Waals surface area (Å²) < 4.78 is 1.43. The van der Waals surface area contributed by atoms with Crippen LogP contribution >= 0.6 is 0 Å². The number of rotatable bonds is 2. The Morgan fingerprint density at radius 1 is 1.30 bits per heavy atom. The molecule has 0 aromatic heterocycles. The molecule has 1 rings (SSSR count). The Bertz CT molecular complexity index is 170. The van der Waals surface area contributed by atoms with Gasteiger partial charge in [-0.05, 0) is 0 Å². The van der Waals surface area contributed by atoms with Crippen LogP contribution in [0.3, 0.4) is 0 Å². The molecule has 0 spiro atoms. The summed E-state index contributed by atoms with van der Waals surface area (Å²) in [5, 5.41) is 0. The molecule has 0 aliphatic rings. The second kappa shape index (κ2) is 3.77. The van der Waals surface area contributed by atoms with Gasteiger partial charge in [-0.25, -0.2) is 0 Å². The van der Waals surface area contributed by atoms with E-state index in [2.05, 4.69) is 30.1 Å². The molecule has 0 radical (unpaired) electrons. The molecular weight excluding hydrogens is 189 g/mol. The first-order chi connectivity index (χ1) is 4.86. The van der Waals surface area contributed by atoms with Crippen molar-refractivity contribution in [1.29, 1.82) is 0 Å². The third kappa shape index (κ3) is 1.84. The van der Waals surface area contributed by atoms with Crippen molar-refractivity contribution in [2.24, 2.45) is 5.73 Å². The summed E-state index contributed by atoms with van der Waals surface area (Å²) in [5.74, 6) is 2.21. The average Bonchev–Trinajstić information content (AvgIpc) is 2.05. The zero-order valence-corrected chi connectivity index (χ0v) is 7.72. The van der Waals surface area contributed by atoms with Crippen molar-refractivity contribution >= 4 is 19.4 Å². The average molecular weight is 200 g/mol. The van der Waals surface area contributed by atoms with Gasteiger partial charge in [-0.2, -0.15) is 0 Å². The zero-order chi connectivity index (χ0) is 7.40. The molecule has 10 heavy (non-hydrogen) atoms. The summed E-state index contributed by atoms with van der Waals surface area (Å²) in [6.07, 6.45) is 0. The van der Waals surface area contributed by atoms with E-state index in [4.69, 9.17) is 5.73 Å². The normalized spacial score (nSPS) is 9.80. The first-order valence-corrected chi connectivity index (χ1v) is 5.77. The third-order valence-corrected chi connectivity index (χ3v) is 2.95. The van der Waals surface area contributed by atoms with Gasteiger partial charge in [-0.3, -0.25) is 0 Å². The monoisotopic (exact) mass is 201 g/mol. The van der Waals surface area contributed by atoms with Gasteiger partial charge in [0.25, 0.3) is 0 Å². The van der Waals surface area contributed by atoms with Crippen LogP contribution in [0.2, 0.25) is 5.82 Å². The predicted octanol–water partition coefficient (Wildman–Crippen LogP) is 0.523. The van der Waals surface area contributed by atoms with E-state index in [0.717, 1.165) is 0 Å². The number of benzene rings is 1. The Kier molecular flexibility index (Phi) is 2.94. The third-order valence-electron chi connectivity index (χ3n) is 1.39. The number of hydrogen-bond donors (Lipinski definition) is 1. The molecule has 0 saturated carbocycles. The molecule has 1 aromatic rings. The van der Waals surface area contributed by atoms with Crippen LogP contribution < -0.4 is 10.2 Å². The molecule has 0 amide bonds. The molecule has 54 valence electrons. The molecule has 0 heterocycles. The van der Waals surface area contributed by atoms with Gasteiger partial charge < -0.3 is 0 Å². The molecule has 0 saturated heterocycles. The Balaban J connectivity index is 2.80. The SMILES string of the molecule is C[Se]c1ccc(CN)cc1. The maximum atomic E-state index is 5.45. The van der Waals surface area contributed by atoms with E-state index >= 15 is 0 Å². The Hall–Kier alpha value is -0.301. The fourth-order valence-corrected chi connectivity index (χ4v) is 1.62. The van der Waals surface area contributed by atoms with E-state index in [1.807, 2.05) is 0 Å². The van der Waals surface area contributed by atoms with Gasteiger partial charge >= 0.3 is 67.3 Å². The summed E-state index contributed by atoms with van der Waals surface area (Å²) in [5.41, 5.74) is 6.66. The molecule has 0 unspecified atom stereocenters. The second-order valence-electron chi connectivity index (χ2n) is 2.05. The van der Waals surface area contributed by atoms with Crippen molar-refractivity contribution < 1.29 is 0 Å². The fourth-order valence-electron chi connectivity index (χ4n) is 0.762. The van der Waals surface area contributed by atoms with E-state index in [1.54, 1.807) is 0 Å². The van der Waals surface area contributed by atoms with Crippen LogP contribution in [0.5, 0.6) is 0 Å². The van der Waals surface area contributed by atoms with Crippen LogP contribution in [0, 0.1) is 0 Å². The maximum absolute atomic E-state index is 5.45. The minimum absolute atomic E-state index is 0.618. The number of hydrogen-bond acceptors (Lipinski definition) is 1. The quantitative estimate of drug-likeness (QED) is 0.692. The van der Waals surface area contributed by atoms with Gasteiger partial charge in [0.2, 0.25) is 0 Å². The van der Waals surface area contributed by atoms with Crippen LogP contribution in [-0.4, -0.2) is 15.0 Å². The van der Waals surface area contributed by atoms with E-state index in [0.29, 0.717) is 21.5 Å². The second-order valence-corrected chi connectivity index (χ2v) is 3.90. The van der Waals surface area contributed by atoms with Gasteiger partial charge in [0.1, 0.15) is 0 Å².